The summed E-state index contributed by atoms with van der Waals surface area (Å²) in [5.74, 6) is -0.0786. The highest BCUT2D eigenvalue weighted by Crippen LogP contribution is 2.37. The van der Waals surface area contributed by atoms with E-state index in [0.717, 1.165) is 47.2 Å². The fourth-order valence-corrected chi connectivity index (χ4v) is 6.69. The van der Waals surface area contributed by atoms with Crippen molar-refractivity contribution in [3.63, 3.8) is 0 Å². The molecule has 164 valence electrons. The number of nitrogens with zero attached hydrogens (tertiary/aromatic N) is 2. The minimum absolute atomic E-state index is 0.0252. The van der Waals surface area contributed by atoms with Gasteiger partial charge in [-0.2, -0.15) is 0 Å². The van der Waals surface area contributed by atoms with Crippen molar-refractivity contribution < 1.29 is 9.59 Å². The monoisotopic (exact) mass is 455 g/mol. The maximum absolute atomic E-state index is 13.7. The first-order chi connectivity index (χ1) is 15.0. The predicted octanol–water partition coefficient (Wildman–Crippen LogP) is 5.19. The minimum atomic E-state index is -0.925. The minimum Gasteiger partial charge on any atom is -0.351 e. The molecule has 1 N–H and O–H groups in total. The van der Waals surface area contributed by atoms with Crippen LogP contribution < -0.4 is 5.32 Å². The summed E-state index contributed by atoms with van der Waals surface area (Å²) < 4.78 is 3.21. The molecule has 0 aromatic carbocycles. The van der Waals surface area contributed by atoms with Crippen molar-refractivity contribution in [2.45, 2.75) is 77.0 Å². The molecule has 31 heavy (non-hydrogen) atoms. The Morgan fingerprint density at radius 3 is 2.74 bits per heavy atom. The van der Waals surface area contributed by atoms with Crippen molar-refractivity contribution in [3.05, 3.63) is 45.1 Å². The van der Waals surface area contributed by atoms with E-state index in [4.69, 9.17) is 0 Å². The van der Waals surface area contributed by atoms with Gasteiger partial charge in [-0.1, -0.05) is 32.3 Å². The Bertz CT molecular complexity index is 1110. The van der Waals surface area contributed by atoms with E-state index in [2.05, 4.69) is 22.9 Å². The van der Waals surface area contributed by atoms with Crippen LogP contribution in [0.2, 0.25) is 0 Å². The number of amides is 2. The average molecular weight is 456 g/mol. The van der Waals surface area contributed by atoms with Gasteiger partial charge in [0.2, 0.25) is 5.91 Å². The summed E-state index contributed by atoms with van der Waals surface area (Å²) in [6.45, 7) is 5.04. The van der Waals surface area contributed by atoms with E-state index < -0.39 is 5.54 Å². The lowest BCUT2D eigenvalue weighted by Crippen LogP contribution is -2.64. The number of nitrogens with one attached hydrogen (secondary N) is 1. The van der Waals surface area contributed by atoms with E-state index in [-0.39, 0.29) is 17.9 Å². The van der Waals surface area contributed by atoms with Gasteiger partial charge in [-0.3, -0.25) is 9.59 Å². The van der Waals surface area contributed by atoms with Gasteiger partial charge < -0.3 is 14.8 Å². The van der Waals surface area contributed by atoms with E-state index in [1.54, 1.807) is 27.6 Å². The number of rotatable bonds is 5. The van der Waals surface area contributed by atoms with Crippen LogP contribution in [0.15, 0.2) is 29.6 Å². The molecule has 1 atom stereocenters. The summed E-state index contributed by atoms with van der Waals surface area (Å²) in [5, 5.41) is 5.33. The first-order valence-electron chi connectivity index (χ1n) is 11.3. The third-order valence-electron chi connectivity index (χ3n) is 6.84. The molecule has 7 heteroatoms. The zero-order chi connectivity index (χ0) is 21.6. The Hall–Kier alpha value is -2.12. The Labute approximate surface area is 191 Å². The molecule has 3 aromatic rings. The molecule has 5 rings (SSSR count). The highest BCUT2D eigenvalue weighted by molar-refractivity contribution is 7.19. The number of carbonyl (C=O) groups is 2. The second-order valence-electron chi connectivity index (χ2n) is 8.98. The molecule has 0 unspecified atom stereocenters. The fourth-order valence-electron chi connectivity index (χ4n) is 4.96. The molecule has 1 aliphatic heterocycles. The van der Waals surface area contributed by atoms with Crippen LogP contribution in [0.4, 0.5) is 0 Å². The summed E-state index contributed by atoms with van der Waals surface area (Å²) in [6.07, 6.45) is 6.61. The molecular formula is C24H29N3O2S2. The van der Waals surface area contributed by atoms with E-state index in [1.807, 2.05) is 30.5 Å². The number of fused-ring (bicyclic) bond motifs is 3. The van der Waals surface area contributed by atoms with Crippen LogP contribution in [-0.2, 0) is 24.3 Å². The van der Waals surface area contributed by atoms with Crippen LogP contribution >= 0.6 is 22.7 Å². The number of hydrogen-bond donors (Lipinski definition) is 1. The van der Waals surface area contributed by atoms with E-state index >= 15 is 0 Å². The summed E-state index contributed by atoms with van der Waals surface area (Å²) in [7, 11) is 0. The van der Waals surface area contributed by atoms with Gasteiger partial charge in [-0.05, 0) is 49.8 Å². The standard InChI is InChI=1S/C24H29N3O2S2/c1-3-17-12-19-21(31-17)13-20-22(28)27(14-18-10-7-11-30-18)24(2,15-26(19)20)23(29)25-16-8-5-4-6-9-16/h7,10-13,16H,3-6,8-9,14-15H2,1-2H3,(H,25,29)/t24-/m1/s1. The summed E-state index contributed by atoms with van der Waals surface area (Å²) in [6, 6.07) is 8.46. The summed E-state index contributed by atoms with van der Waals surface area (Å²) in [4.78, 5) is 31.6. The fraction of sp³-hybridized carbons (Fsp3) is 0.500. The summed E-state index contributed by atoms with van der Waals surface area (Å²) >= 11 is 3.38. The molecule has 4 heterocycles. The lowest BCUT2D eigenvalue weighted by Gasteiger charge is -2.44. The number of carbonyl (C=O) groups excluding carboxylic acids is 2. The highest BCUT2D eigenvalue weighted by Gasteiger charge is 2.48. The predicted molar refractivity (Wildman–Crippen MR) is 127 cm³/mol. The van der Waals surface area contributed by atoms with Gasteiger partial charge in [0.15, 0.2) is 0 Å². The lowest BCUT2D eigenvalue weighted by atomic mass is 9.91. The van der Waals surface area contributed by atoms with Crippen molar-refractivity contribution in [2.24, 2.45) is 0 Å². The van der Waals surface area contributed by atoms with Gasteiger partial charge in [0.05, 0.1) is 23.3 Å². The smallest absolute Gasteiger partial charge is 0.271 e. The first-order valence-corrected chi connectivity index (χ1v) is 13.0. The zero-order valence-electron chi connectivity index (χ0n) is 18.1. The van der Waals surface area contributed by atoms with Crippen LogP contribution in [-0.4, -0.2) is 32.9 Å². The van der Waals surface area contributed by atoms with Crippen molar-refractivity contribution in [1.82, 2.24) is 14.8 Å². The molecule has 2 amide bonds. The molecule has 1 saturated carbocycles. The molecule has 5 nitrogen and oxygen atoms in total. The van der Waals surface area contributed by atoms with Gasteiger partial charge in [-0.15, -0.1) is 22.7 Å². The number of aromatic nitrogens is 1. The van der Waals surface area contributed by atoms with Crippen molar-refractivity contribution in [1.29, 1.82) is 0 Å². The van der Waals surface area contributed by atoms with Gasteiger partial charge in [-0.25, -0.2) is 0 Å². The van der Waals surface area contributed by atoms with Crippen LogP contribution in [0, 0.1) is 0 Å². The number of thiophene rings is 2. The Balaban J connectivity index is 1.54. The van der Waals surface area contributed by atoms with Crippen LogP contribution in [0.3, 0.4) is 0 Å². The number of aryl methyl sites for hydroxylation is 1. The molecular weight excluding hydrogens is 426 g/mol. The van der Waals surface area contributed by atoms with Crippen LogP contribution in [0.1, 0.15) is 66.2 Å². The van der Waals surface area contributed by atoms with Crippen molar-refractivity contribution >= 4 is 44.7 Å². The topological polar surface area (TPSA) is 54.3 Å². The molecule has 0 spiro atoms. The maximum Gasteiger partial charge on any atom is 0.271 e. The van der Waals surface area contributed by atoms with Gasteiger partial charge in [0, 0.05) is 15.8 Å². The molecule has 3 aromatic heterocycles. The lowest BCUT2D eigenvalue weighted by molar-refractivity contribution is -0.134. The van der Waals surface area contributed by atoms with Crippen LogP contribution in [0.5, 0.6) is 0 Å². The summed E-state index contributed by atoms with van der Waals surface area (Å²) in [5.41, 5.74) is 0.854. The van der Waals surface area contributed by atoms with Crippen molar-refractivity contribution in [2.75, 3.05) is 0 Å². The van der Waals surface area contributed by atoms with E-state index in [1.165, 1.54) is 11.3 Å². The molecule has 1 aliphatic carbocycles. The quantitative estimate of drug-likeness (QED) is 0.576. The zero-order valence-corrected chi connectivity index (χ0v) is 19.8. The highest BCUT2D eigenvalue weighted by atomic mass is 32.1. The second-order valence-corrected chi connectivity index (χ2v) is 11.2. The molecule has 0 radical (unpaired) electrons. The van der Waals surface area contributed by atoms with Crippen molar-refractivity contribution in [3.8, 4) is 0 Å². The molecule has 2 aliphatic rings. The third-order valence-corrected chi connectivity index (χ3v) is 8.92. The van der Waals surface area contributed by atoms with E-state index in [9.17, 15) is 9.59 Å². The molecule has 0 bridgehead atoms. The molecule has 0 saturated heterocycles. The SMILES string of the molecule is CCc1cc2c(cc3n2C[C@](C)(C(=O)NC2CCCCC2)N(Cc2cccs2)C3=O)s1. The Morgan fingerprint density at radius 2 is 2.03 bits per heavy atom. The largest absolute Gasteiger partial charge is 0.351 e. The Morgan fingerprint density at radius 1 is 1.23 bits per heavy atom. The average Bonchev–Trinajstić information content (AvgIpc) is 3.49. The maximum atomic E-state index is 13.7. The Kier molecular flexibility index (Phi) is 5.42. The first kappa shape index (κ1) is 20.8. The number of hydrogen-bond acceptors (Lipinski definition) is 4. The van der Waals surface area contributed by atoms with Crippen LogP contribution in [0.25, 0.3) is 10.2 Å². The van der Waals surface area contributed by atoms with Gasteiger partial charge >= 0.3 is 0 Å². The third kappa shape index (κ3) is 3.61. The van der Waals surface area contributed by atoms with Gasteiger partial charge in [0.1, 0.15) is 11.2 Å². The van der Waals surface area contributed by atoms with E-state index in [0.29, 0.717) is 18.8 Å². The second kappa shape index (κ2) is 8.10. The normalized spacial score (nSPS) is 22.1. The molecule has 1 fully saturated rings. The van der Waals surface area contributed by atoms with Gasteiger partial charge in [0.25, 0.3) is 5.91 Å².